The summed E-state index contributed by atoms with van der Waals surface area (Å²) in [6.45, 7) is 6.06. The molecule has 0 aliphatic carbocycles. The summed E-state index contributed by atoms with van der Waals surface area (Å²) in [7, 11) is 0. The summed E-state index contributed by atoms with van der Waals surface area (Å²) in [6, 6.07) is 13.0. The summed E-state index contributed by atoms with van der Waals surface area (Å²) >= 11 is 6.14. The maximum absolute atomic E-state index is 9.65. The van der Waals surface area contributed by atoms with Crippen LogP contribution in [0, 0.1) is 12.8 Å². The van der Waals surface area contributed by atoms with Crippen molar-refractivity contribution < 1.29 is 5.11 Å². The summed E-state index contributed by atoms with van der Waals surface area (Å²) in [4.78, 5) is 13.6. The third-order valence-corrected chi connectivity index (χ3v) is 4.67. The monoisotopic (exact) mass is 397 g/mol. The fraction of sp³-hybridized carbons (Fsp3) is 0.286. The quantitative estimate of drug-likeness (QED) is 0.537. The van der Waals surface area contributed by atoms with E-state index in [4.69, 9.17) is 11.6 Å². The van der Waals surface area contributed by atoms with Gasteiger partial charge in [-0.25, -0.2) is 4.98 Å². The number of aliphatic hydroxyl groups excluding tert-OH is 1. The molecule has 6 nitrogen and oxygen atoms in total. The zero-order valence-electron chi connectivity index (χ0n) is 16.1. The van der Waals surface area contributed by atoms with Gasteiger partial charge in [0.1, 0.15) is 5.82 Å². The highest BCUT2D eigenvalue weighted by atomic mass is 35.5. The summed E-state index contributed by atoms with van der Waals surface area (Å²) in [6.07, 6.45) is 1.73. The SMILES string of the molecule is Cc1ccc(Cl)cc1Nc1cc(-c2ccccn2)nc(N[C@@H](CO)C(C)C)n1. The van der Waals surface area contributed by atoms with E-state index in [1.165, 1.54) is 0 Å². The number of aliphatic hydroxyl groups is 1. The van der Waals surface area contributed by atoms with E-state index in [0.717, 1.165) is 16.9 Å². The van der Waals surface area contributed by atoms with Gasteiger partial charge in [-0.05, 0) is 42.7 Å². The topological polar surface area (TPSA) is 83.0 Å². The molecule has 0 spiro atoms. The van der Waals surface area contributed by atoms with Gasteiger partial charge in [0.2, 0.25) is 5.95 Å². The molecule has 0 unspecified atom stereocenters. The van der Waals surface area contributed by atoms with Gasteiger partial charge in [0, 0.05) is 23.0 Å². The number of hydrogen-bond acceptors (Lipinski definition) is 6. The molecule has 0 saturated carbocycles. The highest BCUT2D eigenvalue weighted by Crippen LogP contribution is 2.26. The molecule has 0 radical (unpaired) electrons. The van der Waals surface area contributed by atoms with Crippen LogP contribution in [0.4, 0.5) is 17.5 Å². The molecule has 3 aromatic rings. The molecule has 0 saturated heterocycles. The third kappa shape index (κ3) is 4.97. The summed E-state index contributed by atoms with van der Waals surface area (Å²) < 4.78 is 0. The zero-order chi connectivity index (χ0) is 20.1. The van der Waals surface area contributed by atoms with Crippen LogP contribution in [-0.2, 0) is 0 Å². The summed E-state index contributed by atoms with van der Waals surface area (Å²) in [5, 5.41) is 16.8. The van der Waals surface area contributed by atoms with Crippen molar-refractivity contribution in [3.8, 4) is 11.4 Å². The molecule has 1 atom stereocenters. The number of aryl methyl sites for hydroxylation is 1. The Hall–Kier alpha value is -2.70. The third-order valence-electron chi connectivity index (χ3n) is 4.43. The second kappa shape index (κ2) is 8.99. The van der Waals surface area contributed by atoms with Crippen molar-refractivity contribution >= 4 is 29.1 Å². The second-order valence-corrected chi connectivity index (χ2v) is 7.38. The van der Waals surface area contributed by atoms with Gasteiger partial charge in [0.15, 0.2) is 0 Å². The first-order valence-electron chi connectivity index (χ1n) is 9.17. The Balaban J connectivity index is 2.00. The molecular weight excluding hydrogens is 374 g/mol. The molecule has 28 heavy (non-hydrogen) atoms. The largest absolute Gasteiger partial charge is 0.394 e. The maximum atomic E-state index is 9.65. The Labute approximate surface area is 170 Å². The first kappa shape index (κ1) is 20.0. The molecule has 0 fully saturated rings. The van der Waals surface area contributed by atoms with Crippen LogP contribution >= 0.6 is 11.6 Å². The van der Waals surface area contributed by atoms with Crippen LogP contribution in [0.25, 0.3) is 11.4 Å². The first-order valence-corrected chi connectivity index (χ1v) is 9.55. The Morgan fingerprint density at radius 1 is 1.07 bits per heavy atom. The standard InChI is InChI=1S/C21H24ClN5O/c1-13(2)19(12-28)26-21-25-18(16-6-4-5-9-23-16)11-20(27-21)24-17-10-15(22)8-7-14(17)3/h4-11,13,19,28H,12H2,1-3H3,(H2,24,25,26,27)/t19-/m0/s1. The zero-order valence-corrected chi connectivity index (χ0v) is 16.9. The second-order valence-electron chi connectivity index (χ2n) is 6.94. The van der Waals surface area contributed by atoms with E-state index in [0.29, 0.717) is 22.5 Å². The van der Waals surface area contributed by atoms with Crippen LogP contribution < -0.4 is 10.6 Å². The Kier molecular flexibility index (Phi) is 6.44. The Morgan fingerprint density at radius 2 is 1.89 bits per heavy atom. The number of halogens is 1. The fourth-order valence-corrected chi connectivity index (χ4v) is 2.85. The molecular formula is C21H24ClN5O. The van der Waals surface area contributed by atoms with Gasteiger partial charge in [-0.1, -0.05) is 37.6 Å². The predicted molar refractivity (Wildman–Crippen MR) is 114 cm³/mol. The van der Waals surface area contributed by atoms with Crippen LogP contribution in [0.15, 0.2) is 48.7 Å². The molecule has 1 aromatic carbocycles. The van der Waals surface area contributed by atoms with Gasteiger partial charge in [0.05, 0.1) is 24.0 Å². The van der Waals surface area contributed by atoms with Gasteiger partial charge >= 0.3 is 0 Å². The molecule has 7 heteroatoms. The molecule has 0 aliphatic rings. The molecule has 2 aromatic heterocycles. The van der Waals surface area contributed by atoms with E-state index in [1.807, 2.05) is 63.2 Å². The van der Waals surface area contributed by atoms with Crippen molar-refractivity contribution in [2.75, 3.05) is 17.2 Å². The number of nitrogens with one attached hydrogen (secondary N) is 2. The number of pyridine rings is 1. The van der Waals surface area contributed by atoms with Gasteiger partial charge in [0.25, 0.3) is 0 Å². The van der Waals surface area contributed by atoms with Crippen molar-refractivity contribution in [1.82, 2.24) is 15.0 Å². The maximum Gasteiger partial charge on any atom is 0.225 e. The number of rotatable bonds is 7. The Morgan fingerprint density at radius 3 is 2.57 bits per heavy atom. The van der Waals surface area contributed by atoms with E-state index >= 15 is 0 Å². The van der Waals surface area contributed by atoms with Gasteiger partial charge in [-0.2, -0.15) is 4.98 Å². The molecule has 2 heterocycles. The van der Waals surface area contributed by atoms with E-state index in [1.54, 1.807) is 6.20 Å². The number of aromatic nitrogens is 3. The van der Waals surface area contributed by atoms with Crippen molar-refractivity contribution in [2.24, 2.45) is 5.92 Å². The van der Waals surface area contributed by atoms with Crippen LogP contribution in [0.5, 0.6) is 0 Å². The van der Waals surface area contributed by atoms with Crippen LogP contribution in [0.1, 0.15) is 19.4 Å². The minimum atomic E-state index is -0.153. The molecule has 3 rings (SSSR count). The van der Waals surface area contributed by atoms with Crippen LogP contribution in [-0.4, -0.2) is 32.7 Å². The van der Waals surface area contributed by atoms with Crippen molar-refractivity contribution in [1.29, 1.82) is 0 Å². The number of nitrogens with zero attached hydrogens (tertiary/aromatic N) is 3. The average Bonchev–Trinajstić information content (AvgIpc) is 2.69. The normalized spacial score (nSPS) is 12.1. The van der Waals surface area contributed by atoms with E-state index in [9.17, 15) is 5.11 Å². The first-order chi connectivity index (χ1) is 13.5. The van der Waals surface area contributed by atoms with Crippen molar-refractivity contribution in [2.45, 2.75) is 26.8 Å². The lowest BCUT2D eigenvalue weighted by molar-refractivity contribution is 0.248. The number of anilines is 3. The minimum absolute atomic E-state index is 0.00892. The fourth-order valence-electron chi connectivity index (χ4n) is 2.68. The number of hydrogen-bond donors (Lipinski definition) is 3. The molecule has 0 aliphatic heterocycles. The lowest BCUT2D eigenvalue weighted by atomic mass is 10.1. The molecule has 3 N–H and O–H groups in total. The molecule has 146 valence electrons. The minimum Gasteiger partial charge on any atom is -0.394 e. The van der Waals surface area contributed by atoms with Crippen molar-refractivity contribution in [3.05, 3.63) is 59.2 Å². The average molecular weight is 398 g/mol. The van der Waals surface area contributed by atoms with Crippen LogP contribution in [0.2, 0.25) is 5.02 Å². The van der Waals surface area contributed by atoms with E-state index in [-0.39, 0.29) is 18.6 Å². The lowest BCUT2D eigenvalue weighted by Crippen LogP contribution is -2.30. The summed E-state index contributed by atoms with van der Waals surface area (Å²) in [5.41, 5.74) is 3.34. The van der Waals surface area contributed by atoms with Crippen molar-refractivity contribution in [3.63, 3.8) is 0 Å². The van der Waals surface area contributed by atoms with Gasteiger partial charge in [-0.3, -0.25) is 4.98 Å². The lowest BCUT2D eigenvalue weighted by Gasteiger charge is -2.21. The van der Waals surface area contributed by atoms with Crippen LogP contribution in [0.3, 0.4) is 0 Å². The predicted octanol–water partition coefficient (Wildman–Crippen LogP) is 4.67. The highest BCUT2D eigenvalue weighted by molar-refractivity contribution is 6.30. The van der Waals surface area contributed by atoms with E-state index in [2.05, 4.69) is 25.6 Å². The Bertz CT molecular complexity index is 933. The highest BCUT2D eigenvalue weighted by Gasteiger charge is 2.15. The van der Waals surface area contributed by atoms with E-state index < -0.39 is 0 Å². The number of benzene rings is 1. The van der Waals surface area contributed by atoms with Gasteiger partial charge < -0.3 is 15.7 Å². The molecule has 0 bridgehead atoms. The molecule has 0 amide bonds. The summed E-state index contributed by atoms with van der Waals surface area (Å²) in [5.74, 6) is 1.26. The van der Waals surface area contributed by atoms with Gasteiger partial charge in [-0.15, -0.1) is 0 Å². The smallest absolute Gasteiger partial charge is 0.225 e.